The van der Waals surface area contributed by atoms with Gasteiger partial charge in [-0.05, 0) is 73.0 Å². The highest BCUT2D eigenvalue weighted by Gasteiger charge is 2.36. The molecule has 1 N–H and O–H groups in total. The van der Waals surface area contributed by atoms with Crippen molar-refractivity contribution in [3.8, 4) is 5.75 Å². The molecule has 1 saturated heterocycles. The second-order valence-electron chi connectivity index (χ2n) is 7.86. The second-order valence-corrected chi connectivity index (χ2v) is 8.27. The van der Waals surface area contributed by atoms with Crippen LogP contribution in [0.15, 0.2) is 66.4 Å². The van der Waals surface area contributed by atoms with E-state index in [9.17, 15) is 14.4 Å². The summed E-state index contributed by atoms with van der Waals surface area (Å²) in [5.41, 5.74) is 2.93. The smallest absolute Gasteiger partial charge is 0.335 e. The van der Waals surface area contributed by atoms with Gasteiger partial charge in [0.1, 0.15) is 17.9 Å². The normalized spacial score (nSPS) is 15.1. The maximum absolute atomic E-state index is 13.1. The molecule has 2 heterocycles. The Morgan fingerprint density at radius 2 is 1.82 bits per heavy atom. The Hall–Kier alpha value is -3.84. The molecule has 0 atom stereocenters. The van der Waals surface area contributed by atoms with E-state index in [-0.39, 0.29) is 5.57 Å². The molecular weight excluding hydrogens is 454 g/mol. The third-order valence-electron chi connectivity index (χ3n) is 5.59. The van der Waals surface area contributed by atoms with E-state index in [0.717, 1.165) is 22.4 Å². The number of amides is 4. The van der Waals surface area contributed by atoms with Gasteiger partial charge in [0.25, 0.3) is 11.8 Å². The Morgan fingerprint density at radius 1 is 1.06 bits per heavy atom. The SMILES string of the molecule is CCc1ccc(N2C(=O)NC(=O)/C(=C\c3cccn3CCOc3ccc(Cl)c(C)c3)C2=O)cc1. The lowest BCUT2D eigenvalue weighted by atomic mass is 10.1. The van der Waals surface area contributed by atoms with Gasteiger partial charge in [-0.3, -0.25) is 14.9 Å². The Morgan fingerprint density at radius 3 is 2.53 bits per heavy atom. The zero-order valence-corrected chi connectivity index (χ0v) is 19.6. The number of carbonyl (C=O) groups excluding carboxylic acids is 3. The maximum atomic E-state index is 13.1. The van der Waals surface area contributed by atoms with Crippen LogP contribution in [0.25, 0.3) is 6.08 Å². The first-order valence-corrected chi connectivity index (χ1v) is 11.3. The Kier molecular flexibility index (Phi) is 6.84. The van der Waals surface area contributed by atoms with E-state index in [4.69, 9.17) is 16.3 Å². The van der Waals surface area contributed by atoms with Crippen molar-refractivity contribution in [2.75, 3.05) is 11.5 Å². The number of imide groups is 2. The van der Waals surface area contributed by atoms with Crippen LogP contribution in [0.2, 0.25) is 5.02 Å². The zero-order valence-electron chi connectivity index (χ0n) is 18.9. The summed E-state index contributed by atoms with van der Waals surface area (Å²) in [7, 11) is 0. The Bertz CT molecular complexity index is 1280. The Labute approximate surface area is 202 Å². The molecule has 0 aliphatic carbocycles. The molecular formula is C26H24ClN3O4. The van der Waals surface area contributed by atoms with E-state index in [1.54, 1.807) is 30.3 Å². The molecule has 7 nitrogen and oxygen atoms in total. The van der Waals surface area contributed by atoms with Crippen LogP contribution in [-0.2, 0) is 22.6 Å². The van der Waals surface area contributed by atoms with Crippen molar-refractivity contribution in [1.29, 1.82) is 0 Å². The fourth-order valence-corrected chi connectivity index (χ4v) is 3.77. The molecule has 0 spiro atoms. The van der Waals surface area contributed by atoms with Gasteiger partial charge in [0.2, 0.25) is 0 Å². The lowest BCUT2D eigenvalue weighted by molar-refractivity contribution is -0.122. The monoisotopic (exact) mass is 477 g/mol. The van der Waals surface area contributed by atoms with Crippen molar-refractivity contribution < 1.29 is 19.1 Å². The molecule has 0 unspecified atom stereocenters. The average molecular weight is 478 g/mol. The molecule has 4 rings (SSSR count). The number of barbiturate groups is 1. The number of aryl methyl sites for hydroxylation is 2. The van der Waals surface area contributed by atoms with Gasteiger partial charge >= 0.3 is 6.03 Å². The van der Waals surface area contributed by atoms with Crippen LogP contribution in [0.1, 0.15) is 23.7 Å². The molecule has 1 aliphatic heterocycles. The fourth-order valence-electron chi connectivity index (χ4n) is 3.65. The van der Waals surface area contributed by atoms with E-state index < -0.39 is 17.8 Å². The maximum Gasteiger partial charge on any atom is 0.335 e. The Balaban J connectivity index is 1.51. The summed E-state index contributed by atoms with van der Waals surface area (Å²) in [6, 6.07) is 15.4. The molecule has 4 amide bonds. The molecule has 8 heteroatoms. The molecule has 1 aliphatic rings. The minimum absolute atomic E-state index is 0.117. The average Bonchev–Trinajstić information content (AvgIpc) is 3.26. The number of nitrogens with zero attached hydrogens (tertiary/aromatic N) is 2. The topological polar surface area (TPSA) is 80.6 Å². The van der Waals surface area contributed by atoms with Crippen LogP contribution in [0.4, 0.5) is 10.5 Å². The number of urea groups is 1. The van der Waals surface area contributed by atoms with Crippen LogP contribution in [-0.4, -0.2) is 29.0 Å². The molecule has 1 fully saturated rings. The van der Waals surface area contributed by atoms with Gasteiger partial charge in [-0.15, -0.1) is 0 Å². The highest BCUT2D eigenvalue weighted by molar-refractivity contribution is 6.39. The van der Waals surface area contributed by atoms with Gasteiger partial charge in [-0.2, -0.15) is 0 Å². The van der Waals surface area contributed by atoms with Gasteiger partial charge in [0, 0.05) is 16.9 Å². The summed E-state index contributed by atoms with van der Waals surface area (Å²) < 4.78 is 7.68. The standard InChI is InChI=1S/C26H24ClN3O4/c1-3-18-6-8-19(9-7-18)30-25(32)22(24(31)28-26(30)33)16-20-5-4-12-29(20)13-14-34-21-10-11-23(27)17(2)15-21/h4-12,15-16H,3,13-14H2,1-2H3,(H,28,31,33)/b22-16+. The van der Waals surface area contributed by atoms with Gasteiger partial charge in [-0.1, -0.05) is 30.7 Å². The molecule has 174 valence electrons. The van der Waals surface area contributed by atoms with E-state index in [1.807, 2.05) is 48.9 Å². The van der Waals surface area contributed by atoms with Crippen molar-refractivity contribution in [2.45, 2.75) is 26.8 Å². The summed E-state index contributed by atoms with van der Waals surface area (Å²) in [4.78, 5) is 39.0. The van der Waals surface area contributed by atoms with Crippen molar-refractivity contribution in [1.82, 2.24) is 9.88 Å². The van der Waals surface area contributed by atoms with Crippen LogP contribution < -0.4 is 15.0 Å². The zero-order chi connectivity index (χ0) is 24.2. The first-order valence-electron chi connectivity index (χ1n) is 10.9. The predicted octanol–water partition coefficient (Wildman–Crippen LogP) is 4.76. The van der Waals surface area contributed by atoms with Crippen molar-refractivity contribution in [3.63, 3.8) is 0 Å². The third-order valence-corrected chi connectivity index (χ3v) is 6.02. The number of benzene rings is 2. The van der Waals surface area contributed by atoms with Crippen molar-refractivity contribution >= 4 is 41.2 Å². The number of hydrogen-bond donors (Lipinski definition) is 1. The van der Waals surface area contributed by atoms with E-state index in [1.165, 1.54) is 6.08 Å². The number of nitrogens with one attached hydrogen (secondary N) is 1. The van der Waals surface area contributed by atoms with Gasteiger partial charge in [-0.25, -0.2) is 9.69 Å². The molecule has 34 heavy (non-hydrogen) atoms. The number of halogens is 1. The summed E-state index contributed by atoms with van der Waals surface area (Å²) in [5, 5.41) is 2.93. The quantitative estimate of drug-likeness (QED) is 0.393. The van der Waals surface area contributed by atoms with Crippen LogP contribution >= 0.6 is 11.6 Å². The van der Waals surface area contributed by atoms with Crippen LogP contribution in [0.5, 0.6) is 5.75 Å². The fraction of sp³-hybridized carbons (Fsp3) is 0.192. The first-order chi connectivity index (χ1) is 16.4. The van der Waals surface area contributed by atoms with Gasteiger partial charge < -0.3 is 9.30 Å². The first kappa shape index (κ1) is 23.3. The minimum atomic E-state index is -0.765. The number of anilines is 1. The van der Waals surface area contributed by atoms with Gasteiger partial charge in [0.15, 0.2) is 0 Å². The molecule has 2 aromatic carbocycles. The number of rotatable bonds is 7. The lowest BCUT2D eigenvalue weighted by Crippen LogP contribution is -2.54. The highest BCUT2D eigenvalue weighted by atomic mass is 35.5. The van der Waals surface area contributed by atoms with E-state index in [0.29, 0.717) is 35.3 Å². The van der Waals surface area contributed by atoms with E-state index >= 15 is 0 Å². The van der Waals surface area contributed by atoms with Crippen LogP contribution in [0, 0.1) is 6.92 Å². The number of hydrogen-bond acceptors (Lipinski definition) is 4. The largest absolute Gasteiger partial charge is 0.492 e. The minimum Gasteiger partial charge on any atom is -0.492 e. The highest BCUT2D eigenvalue weighted by Crippen LogP contribution is 2.23. The summed E-state index contributed by atoms with van der Waals surface area (Å²) >= 11 is 6.05. The summed E-state index contributed by atoms with van der Waals surface area (Å²) in [6.45, 7) is 4.79. The summed E-state index contributed by atoms with van der Waals surface area (Å²) in [5.74, 6) is -0.685. The molecule has 0 radical (unpaired) electrons. The molecule has 0 bridgehead atoms. The number of carbonyl (C=O) groups is 3. The van der Waals surface area contributed by atoms with Gasteiger partial charge in [0.05, 0.1) is 12.2 Å². The third kappa shape index (κ3) is 4.89. The van der Waals surface area contributed by atoms with E-state index in [2.05, 4.69) is 5.32 Å². The van der Waals surface area contributed by atoms with Crippen molar-refractivity contribution in [3.05, 3.63) is 88.2 Å². The molecule has 1 aromatic heterocycles. The lowest BCUT2D eigenvalue weighted by Gasteiger charge is -2.26. The van der Waals surface area contributed by atoms with Crippen LogP contribution in [0.3, 0.4) is 0 Å². The number of aromatic nitrogens is 1. The van der Waals surface area contributed by atoms with Crippen molar-refractivity contribution in [2.24, 2.45) is 0 Å². The second kappa shape index (κ2) is 9.97. The predicted molar refractivity (Wildman–Crippen MR) is 131 cm³/mol. The molecule has 0 saturated carbocycles. The number of ether oxygens (including phenoxy) is 1. The summed E-state index contributed by atoms with van der Waals surface area (Å²) in [6.07, 6.45) is 4.16. The molecule has 3 aromatic rings.